The van der Waals surface area contributed by atoms with Crippen molar-refractivity contribution >= 4 is 11.9 Å². The Morgan fingerprint density at radius 3 is 2.12 bits per heavy atom. The molecule has 1 aliphatic heterocycles. The van der Waals surface area contributed by atoms with E-state index < -0.39 is 101 Å². The van der Waals surface area contributed by atoms with Gasteiger partial charge < -0.3 is 54.7 Å². The molecule has 0 bridgehead atoms. The average Bonchev–Trinajstić information content (AvgIpc) is 3.08. The maximum Gasteiger partial charge on any atom is 0.317 e. The third-order valence-corrected chi connectivity index (χ3v) is 15.6. The fraction of sp³-hybridized carbons (Fsp3) is 0.895. The third kappa shape index (κ3) is 5.19. The van der Waals surface area contributed by atoms with Gasteiger partial charge in [0, 0.05) is 0 Å². The first-order chi connectivity index (χ1) is 23.8. The van der Waals surface area contributed by atoms with E-state index in [1.165, 1.54) is 19.8 Å². The highest BCUT2D eigenvalue weighted by Gasteiger charge is 2.74. The Kier molecular flexibility index (Phi) is 9.93. The van der Waals surface area contributed by atoms with Crippen LogP contribution in [0.2, 0.25) is 0 Å². The Balaban J connectivity index is 1.42. The van der Waals surface area contributed by atoms with Crippen molar-refractivity contribution in [2.45, 2.75) is 135 Å². The number of esters is 2. The van der Waals surface area contributed by atoms with E-state index >= 15 is 0 Å². The zero-order valence-electron chi connectivity index (χ0n) is 31.1. The van der Waals surface area contributed by atoms with Gasteiger partial charge in [-0.3, -0.25) is 9.59 Å². The van der Waals surface area contributed by atoms with Crippen LogP contribution in [0, 0.1) is 50.2 Å². The van der Waals surface area contributed by atoms with Gasteiger partial charge in [0.05, 0.1) is 39.6 Å². The van der Waals surface area contributed by atoms with Crippen LogP contribution in [-0.4, -0.2) is 124 Å². The van der Waals surface area contributed by atoms with E-state index in [1.807, 2.05) is 6.92 Å². The summed E-state index contributed by atoms with van der Waals surface area (Å²) >= 11 is 0. The molecule has 290 valence electrons. The number of carbonyl (C=O) groups is 2. The minimum Gasteiger partial charge on any atom is -0.468 e. The zero-order chi connectivity index (χ0) is 37.7. The maximum atomic E-state index is 14.1. The van der Waals surface area contributed by atoms with E-state index in [2.05, 4.69) is 33.8 Å². The molecular formula is C38H60O13. The first-order valence-corrected chi connectivity index (χ1v) is 18.6. The van der Waals surface area contributed by atoms with E-state index in [0.29, 0.717) is 32.1 Å². The molecule has 5 aliphatic carbocycles. The summed E-state index contributed by atoms with van der Waals surface area (Å²) in [6.07, 6.45) is -5.40. The minimum absolute atomic E-state index is 0.0485. The van der Waals surface area contributed by atoms with Crippen molar-refractivity contribution in [3.8, 4) is 0 Å². The highest BCUT2D eigenvalue weighted by Crippen LogP contribution is 2.76. The fourth-order valence-electron chi connectivity index (χ4n) is 12.7. The number of carbonyl (C=O) groups excluding carboxylic acids is 2. The molecule has 6 rings (SSSR count). The summed E-state index contributed by atoms with van der Waals surface area (Å²) < 4.78 is 22.6. The van der Waals surface area contributed by atoms with Crippen LogP contribution in [0.3, 0.4) is 0 Å². The van der Waals surface area contributed by atoms with Crippen LogP contribution in [0.1, 0.15) is 86.0 Å². The molecule has 51 heavy (non-hydrogen) atoms. The lowest BCUT2D eigenvalue weighted by molar-refractivity contribution is -0.344. The summed E-state index contributed by atoms with van der Waals surface area (Å²) in [7, 11) is 2.59. The van der Waals surface area contributed by atoms with Crippen molar-refractivity contribution in [1.82, 2.24) is 0 Å². The van der Waals surface area contributed by atoms with Crippen molar-refractivity contribution in [3.63, 3.8) is 0 Å². The molecule has 0 aromatic heterocycles. The Hall–Kier alpha value is -1.68. The molecule has 16 atom stereocenters. The van der Waals surface area contributed by atoms with E-state index in [1.54, 1.807) is 0 Å². The Morgan fingerprint density at radius 2 is 1.51 bits per heavy atom. The van der Waals surface area contributed by atoms with Crippen molar-refractivity contribution in [2.24, 2.45) is 50.2 Å². The first-order valence-electron chi connectivity index (χ1n) is 18.6. The van der Waals surface area contributed by atoms with Gasteiger partial charge in [-0.15, -0.1) is 0 Å². The van der Waals surface area contributed by atoms with Crippen molar-refractivity contribution in [2.75, 3.05) is 27.4 Å². The molecule has 0 aromatic rings. The van der Waals surface area contributed by atoms with Crippen LogP contribution in [-0.2, 0) is 28.5 Å². The molecule has 4 saturated carbocycles. The summed E-state index contributed by atoms with van der Waals surface area (Å²) in [5.41, 5.74) is -3.48. The van der Waals surface area contributed by atoms with Gasteiger partial charge in [0.25, 0.3) is 0 Å². The Morgan fingerprint density at radius 1 is 0.843 bits per heavy atom. The van der Waals surface area contributed by atoms with Crippen molar-refractivity contribution in [3.05, 3.63) is 11.6 Å². The quantitative estimate of drug-likeness (QED) is 0.117. The van der Waals surface area contributed by atoms with E-state index in [4.69, 9.17) is 18.9 Å². The zero-order valence-corrected chi connectivity index (χ0v) is 31.1. The molecule has 6 aliphatic rings. The number of methoxy groups -OCH3 is 2. The highest BCUT2D eigenvalue weighted by molar-refractivity contribution is 5.80. The predicted molar refractivity (Wildman–Crippen MR) is 180 cm³/mol. The molecule has 1 heterocycles. The molecule has 13 heteroatoms. The summed E-state index contributed by atoms with van der Waals surface area (Å²) in [6, 6.07) is 0. The number of fused-ring (bicyclic) bond motifs is 7. The topological polar surface area (TPSA) is 213 Å². The standard InChI is InChI=1S/C38H60O13/c1-33(2)12-13-37(31(46)48-6)20(14-33)19-8-9-23-34(3)15-21(41)29(51-30-28(45)27(44)26(43)22(17-39)50-30)38(18-40,32(47)49-7)24(34)10-11-35(23,4)36(19,5)16-25(37)42/h8,20-30,39-45H,9-18H2,1-7H3. The number of allylic oxidation sites excluding steroid dienone is 2. The van der Waals surface area contributed by atoms with Crippen LogP contribution in [0.25, 0.3) is 0 Å². The largest absolute Gasteiger partial charge is 0.468 e. The van der Waals surface area contributed by atoms with E-state index in [0.717, 1.165) is 12.8 Å². The number of ether oxygens (including phenoxy) is 4. The molecule has 13 nitrogen and oxygen atoms in total. The Labute approximate surface area is 300 Å². The van der Waals surface area contributed by atoms with E-state index in [-0.39, 0.29) is 29.6 Å². The molecule has 7 N–H and O–H groups in total. The van der Waals surface area contributed by atoms with Gasteiger partial charge in [0.2, 0.25) is 0 Å². The van der Waals surface area contributed by atoms with E-state index in [9.17, 15) is 45.3 Å². The smallest absolute Gasteiger partial charge is 0.317 e. The highest BCUT2D eigenvalue weighted by atomic mass is 16.7. The molecular weight excluding hydrogens is 664 g/mol. The molecule has 0 radical (unpaired) electrons. The molecule has 5 fully saturated rings. The second-order valence-electron chi connectivity index (χ2n) is 18.2. The summed E-state index contributed by atoms with van der Waals surface area (Å²) in [5.74, 6) is -2.09. The summed E-state index contributed by atoms with van der Waals surface area (Å²) in [6.45, 7) is 9.45. The van der Waals surface area contributed by atoms with Gasteiger partial charge in [0.1, 0.15) is 41.3 Å². The Bertz CT molecular complexity index is 1400. The van der Waals surface area contributed by atoms with Gasteiger partial charge in [-0.05, 0) is 90.8 Å². The van der Waals surface area contributed by atoms with Crippen LogP contribution in [0.5, 0.6) is 0 Å². The predicted octanol–water partition coefficient (Wildman–Crippen LogP) is 1.21. The second kappa shape index (κ2) is 13.0. The van der Waals surface area contributed by atoms with Crippen LogP contribution < -0.4 is 0 Å². The third-order valence-electron chi connectivity index (χ3n) is 15.6. The number of hydrogen-bond donors (Lipinski definition) is 7. The SMILES string of the molecule is COC(=O)C12CCC(C)(C)CC1C1=CCC3C4(C)CC(O)C(OC5OC(CO)C(O)C(O)C5O)C(CO)(C(=O)OC)C4CCC3(C)C1(C)CC2O. The summed E-state index contributed by atoms with van der Waals surface area (Å²) in [5, 5.41) is 76.8. The lowest BCUT2D eigenvalue weighted by Gasteiger charge is -2.72. The van der Waals surface area contributed by atoms with Crippen molar-refractivity contribution < 1.29 is 64.3 Å². The fourth-order valence-corrected chi connectivity index (χ4v) is 12.7. The number of hydrogen-bond acceptors (Lipinski definition) is 13. The monoisotopic (exact) mass is 724 g/mol. The normalized spacial score (nSPS) is 51.9. The second-order valence-corrected chi connectivity index (χ2v) is 18.2. The molecule has 0 aromatic carbocycles. The lowest BCUT2D eigenvalue weighted by Crippen LogP contribution is -2.72. The first kappa shape index (κ1) is 39.0. The van der Waals surface area contributed by atoms with Crippen LogP contribution in [0.4, 0.5) is 0 Å². The average molecular weight is 725 g/mol. The van der Waals surface area contributed by atoms with Gasteiger partial charge in [-0.1, -0.05) is 46.3 Å². The van der Waals surface area contributed by atoms with Crippen LogP contribution >= 0.6 is 0 Å². The molecule has 1 saturated heterocycles. The van der Waals surface area contributed by atoms with Gasteiger partial charge in [-0.2, -0.15) is 0 Å². The lowest BCUT2D eigenvalue weighted by atomic mass is 9.33. The number of aliphatic hydroxyl groups excluding tert-OH is 7. The summed E-state index contributed by atoms with van der Waals surface area (Å²) in [4.78, 5) is 27.7. The molecule has 16 unspecified atom stereocenters. The minimum atomic E-state index is -1.81. The van der Waals surface area contributed by atoms with Gasteiger partial charge >= 0.3 is 11.9 Å². The van der Waals surface area contributed by atoms with Crippen LogP contribution in [0.15, 0.2) is 11.6 Å². The maximum absolute atomic E-state index is 14.1. The number of rotatable bonds is 6. The van der Waals surface area contributed by atoms with Gasteiger partial charge in [0.15, 0.2) is 6.29 Å². The molecule has 0 spiro atoms. The van der Waals surface area contributed by atoms with Gasteiger partial charge in [-0.25, -0.2) is 0 Å². The number of aliphatic hydroxyl groups is 7. The molecule has 0 amide bonds. The van der Waals surface area contributed by atoms with Crippen molar-refractivity contribution in [1.29, 1.82) is 0 Å².